The number of nitrogens with zero attached hydrogens (tertiary/aromatic N) is 1. The van der Waals surface area contributed by atoms with E-state index in [1.54, 1.807) is 17.0 Å². The van der Waals surface area contributed by atoms with Gasteiger partial charge in [-0.05, 0) is 41.0 Å². The first-order valence-corrected chi connectivity index (χ1v) is 8.79. The van der Waals surface area contributed by atoms with Crippen LogP contribution in [-0.2, 0) is 16.0 Å². The number of methoxy groups -OCH3 is 1. The summed E-state index contributed by atoms with van der Waals surface area (Å²) in [5.41, 5.74) is 2.33. The molecular weight excluding hydrogens is 342 g/mol. The Morgan fingerprint density at radius 3 is 2.48 bits per heavy atom. The van der Waals surface area contributed by atoms with Gasteiger partial charge in [0.1, 0.15) is 11.3 Å². The van der Waals surface area contributed by atoms with Crippen LogP contribution in [0.5, 0.6) is 5.75 Å². The summed E-state index contributed by atoms with van der Waals surface area (Å²) in [4.78, 5) is 26.8. The normalized spacial score (nSPS) is 12.7. The Bertz CT molecular complexity index is 1030. The lowest BCUT2D eigenvalue weighted by Gasteiger charge is -2.17. The molecule has 0 saturated heterocycles. The topological polar surface area (TPSA) is 55.8 Å². The maximum absolute atomic E-state index is 12.6. The van der Waals surface area contributed by atoms with E-state index in [1.807, 2.05) is 48.5 Å². The van der Waals surface area contributed by atoms with Gasteiger partial charge in [-0.25, -0.2) is 4.79 Å². The molecule has 1 aliphatic heterocycles. The fourth-order valence-corrected chi connectivity index (χ4v) is 3.43. The summed E-state index contributed by atoms with van der Waals surface area (Å²) >= 11 is 0. The van der Waals surface area contributed by atoms with Crippen LogP contribution < -0.4 is 9.64 Å². The Morgan fingerprint density at radius 1 is 1.00 bits per heavy atom. The van der Waals surface area contributed by atoms with Crippen molar-refractivity contribution in [3.8, 4) is 5.75 Å². The van der Waals surface area contributed by atoms with E-state index in [0.717, 1.165) is 28.4 Å². The Hall–Kier alpha value is -3.34. The Labute approximate surface area is 157 Å². The van der Waals surface area contributed by atoms with Crippen molar-refractivity contribution in [3.05, 3.63) is 71.8 Å². The van der Waals surface area contributed by atoms with Crippen molar-refractivity contribution in [1.82, 2.24) is 0 Å². The minimum absolute atomic E-state index is 0.229. The number of carbonyl (C=O) groups is 2. The van der Waals surface area contributed by atoms with Gasteiger partial charge in [-0.2, -0.15) is 0 Å². The largest absolute Gasteiger partial charge is 0.496 e. The number of rotatable bonds is 4. The van der Waals surface area contributed by atoms with Gasteiger partial charge in [0, 0.05) is 12.2 Å². The number of anilines is 1. The van der Waals surface area contributed by atoms with Crippen LogP contribution in [0.1, 0.15) is 15.9 Å². The van der Waals surface area contributed by atoms with Crippen LogP contribution in [0, 0.1) is 0 Å². The number of hydrogen-bond acceptors (Lipinski definition) is 4. The number of hydrogen-bond donors (Lipinski definition) is 0. The Balaban J connectivity index is 1.50. The van der Waals surface area contributed by atoms with Crippen molar-refractivity contribution in [1.29, 1.82) is 0 Å². The van der Waals surface area contributed by atoms with E-state index in [4.69, 9.17) is 9.47 Å². The third-order valence-electron chi connectivity index (χ3n) is 4.80. The molecule has 136 valence electrons. The molecule has 0 spiro atoms. The highest BCUT2D eigenvalue weighted by molar-refractivity contribution is 6.01. The standard InChI is InChI=1S/C22H19NO4/c1-26-20-13-17-8-3-2-7-16(17)12-18(20)22(25)27-14-21(24)23-11-10-15-6-4-5-9-19(15)23/h2-9,12-13H,10-11,14H2,1H3. The molecule has 3 aromatic carbocycles. The lowest BCUT2D eigenvalue weighted by Crippen LogP contribution is -2.33. The number of fused-ring (bicyclic) bond motifs is 2. The Morgan fingerprint density at radius 2 is 1.70 bits per heavy atom. The zero-order valence-corrected chi connectivity index (χ0v) is 15.0. The summed E-state index contributed by atoms with van der Waals surface area (Å²) in [7, 11) is 1.51. The average Bonchev–Trinajstić information content (AvgIpc) is 3.15. The molecule has 4 rings (SSSR count). The van der Waals surface area contributed by atoms with Gasteiger partial charge in [0.2, 0.25) is 0 Å². The van der Waals surface area contributed by atoms with Crippen molar-refractivity contribution < 1.29 is 19.1 Å². The summed E-state index contributed by atoms with van der Waals surface area (Å²) in [6, 6.07) is 19.0. The second-order valence-corrected chi connectivity index (χ2v) is 6.40. The van der Waals surface area contributed by atoms with Crippen molar-refractivity contribution >= 4 is 28.3 Å². The maximum atomic E-state index is 12.6. The second kappa shape index (κ2) is 7.11. The van der Waals surface area contributed by atoms with Crippen molar-refractivity contribution in [3.63, 3.8) is 0 Å². The van der Waals surface area contributed by atoms with Crippen LogP contribution >= 0.6 is 0 Å². The molecule has 0 unspecified atom stereocenters. The van der Waals surface area contributed by atoms with Crippen LogP contribution in [0.4, 0.5) is 5.69 Å². The molecule has 0 aliphatic carbocycles. The third kappa shape index (κ3) is 3.24. The van der Waals surface area contributed by atoms with E-state index in [1.165, 1.54) is 7.11 Å². The SMILES string of the molecule is COc1cc2ccccc2cc1C(=O)OCC(=O)N1CCc2ccccc21. The molecule has 0 aromatic heterocycles. The van der Waals surface area contributed by atoms with Gasteiger partial charge in [-0.1, -0.05) is 42.5 Å². The fourth-order valence-electron chi connectivity index (χ4n) is 3.43. The van der Waals surface area contributed by atoms with Gasteiger partial charge >= 0.3 is 5.97 Å². The molecule has 0 radical (unpaired) electrons. The second-order valence-electron chi connectivity index (χ2n) is 6.40. The number of carbonyl (C=O) groups excluding carboxylic acids is 2. The average molecular weight is 361 g/mol. The quantitative estimate of drug-likeness (QED) is 0.667. The van der Waals surface area contributed by atoms with Gasteiger partial charge in [0.15, 0.2) is 6.61 Å². The molecule has 0 atom stereocenters. The summed E-state index contributed by atoms with van der Waals surface area (Å²) in [5.74, 6) is -0.371. The number of amides is 1. The molecule has 27 heavy (non-hydrogen) atoms. The van der Waals surface area contributed by atoms with E-state index in [-0.39, 0.29) is 12.5 Å². The van der Waals surface area contributed by atoms with Crippen LogP contribution in [0.15, 0.2) is 60.7 Å². The summed E-state index contributed by atoms with van der Waals surface area (Å²) in [6.45, 7) is 0.304. The molecule has 5 heteroatoms. The van der Waals surface area contributed by atoms with Crippen molar-refractivity contribution in [2.45, 2.75) is 6.42 Å². The molecule has 1 aliphatic rings. The molecule has 3 aromatic rings. The lowest BCUT2D eigenvalue weighted by molar-refractivity contribution is -0.121. The number of para-hydroxylation sites is 1. The monoisotopic (exact) mass is 361 g/mol. The first-order valence-electron chi connectivity index (χ1n) is 8.79. The fraction of sp³-hybridized carbons (Fsp3) is 0.182. The molecule has 5 nitrogen and oxygen atoms in total. The first kappa shape index (κ1) is 17.1. The van der Waals surface area contributed by atoms with Crippen LogP contribution in [-0.4, -0.2) is 32.1 Å². The van der Waals surface area contributed by atoms with Gasteiger partial charge in [-0.3, -0.25) is 4.79 Å². The minimum atomic E-state index is -0.571. The lowest BCUT2D eigenvalue weighted by atomic mass is 10.1. The van der Waals surface area contributed by atoms with E-state index < -0.39 is 5.97 Å². The maximum Gasteiger partial charge on any atom is 0.342 e. The Kier molecular flexibility index (Phi) is 4.50. The molecular formula is C22H19NO4. The van der Waals surface area contributed by atoms with Crippen LogP contribution in [0.2, 0.25) is 0 Å². The van der Waals surface area contributed by atoms with Crippen molar-refractivity contribution in [2.75, 3.05) is 25.2 Å². The highest BCUT2D eigenvalue weighted by Gasteiger charge is 2.25. The molecule has 0 bridgehead atoms. The zero-order valence-electron chi connectivity index (χ0n) is 15.0. The number of ether oxygens (including phenoxy) is 2. The van der Waals surface area contributed by atoms with E-state index in [9.17, 15) is 9.59 Å². The molecule has 0 saturated carbocycles. The van der Waals surface area contributed by atoms with E-state index in [0.29, 0.717) is 17.9 Å². The summed E-state index contributed by atoms with van der Waals surface area (Å²) in [5, 5.41) is 1.88. The van der Waals surface area contributed by atoms with Crippen molar-refractivity contribution in [2.24, 2.45) is 0 Å². The van der Waals surface area contributed by atoms with Gasteiger partial charge in [-0.15, -0.1) is 0 Å². The van der Waals surface area contributed by atoms with Gasteiger partial charge < -0.3 is 14.4 Å². The molecule has 0 N–H and O–H groups in total. The van der Waals surface area contributed by atoms with Crippen LogP contribution in [0.3, 0.4) is 0 Å². The first-order chi connectivity index (χ1) is 13.2. The van der Waals surface area contributed by atoms with Crippen LogP contribution in [0.25, 0.3) is 10.8 Å². The van der Waals surface area contributed by atoms with Gasteiger partial charge in [0.25, 0.3) is 5.91 Å². The predicted octanol–water partition coefficient (Wildman–Crippen LogP) is 3.59. The predicted molar refractivity (Wildman–Crippen MR) is 103 cm³/mol. The molecule has 1 amide bonds. The highest BCUT2D eigenvalue weighted by Crippen LogP contribution is 2.28. The van der Waals surface area contributed by atoms with E-state index >= 15 is 0 Å². The molecule has 0 fully saturated rings. The third-order valence-corrected chi connectivity index (χ3v) is 4.80. The smallest absolute Gasteiger partial charge is 0.342 e. The number of benzene rings is 3. The summed E-state index contributed by atoms with van der Waals surface area (Å²) in [6.07, 6.45) is 0.814. The minimum Gasteiger partial charge on any atom is -0.496 e. The number of esters is 1. The zero-order chi connectivity index (χ0) is 18.8. The summed E-state index contributed by atoms with van der Waals surface area (Å²) < 4.78 is 10.6. The van der Waals surface area contributed by atoms with E-state index in [2.05, 4.69) is 0 Å². The highest BCUT2D eigenvalue weighted by atomic mass is 16.5. The molecule has 1 heterocycles. The van der Waals surface area contributed by atoms with Gasteiger partial charge in [0.05, 0.1) is 7.11 Å².